The highest BCUT2D eigenvalue weighted by Gasteiger charge is 2.15. The fourth-order valence-corrected chi connectivity index (χ4v) is 3.06. The van der Waals surface area contributed by atoms with E-state index in [0.29, 0.717) is 16.3 Å². The molecule has 0 aliphatic heterocycles. The minimum absolute atomic E-state index is 0.0433. The summed E-state index contributed by atoms with van der Waals surface area (Å²) in [5, 5.41) is 4.80. The molecule has 4 rings (SSSR count). The van der Waals surface area contributed by atoms with Crippen molar-refractivity contribution in [3.05, 3.63) is 98.4 Å². The molecule has 8 heteroatoms. The average Bonchev–Trinajstić information content (AvgIpc) is 3.09. The highest BCUT2D eigenvalue weighted by atomic mass is 35.5. The van der Waals surface area contributed by atoms with Gasteiger partial charge in [0.25, 0.3) is 0 Å². The average molecular weight is 425 g/mol. The Morgan fingerprint density at radius 1 is 1.00 bits per heavy atom. The van der Waals surface area contributed by atoms with Gasteiger partial charge < -0.3 is 0 Å². The number of rotatable bonds is 2. The van der Waals surface area contributed by atoms with Gasteiger partial charge in [0.2, 0.25) is 0 Å². The zero-order valence-corrected chi connectivity index (χ0v) is 16.2. The smallest absolute Gasteiger partial charge is 0.288 e. The molecule has 0 atom stereocenters. The molecule has 2 aromatic heterocycles. The number of aromatic amines is 1. The topological polar surface area (TPSA) is 63.6 Å². The first-order chi connectivity index (χ1) is 14.0. The normalized spacial score (nSPS) is 10.4. The van der Waals surface area contributed by atoms with Crippen molar-refractivity contribution in [2.24, 2.45) is 0 Å². The number of nitrogens with zero attached hydrogens (tertiary/aromatic N) is 3. The van der Waals surface area contributed by atoms with Crippen LogP contribution >= 0.6 is 23.2 Å². The molecule has 29 heavy (non-hydrogen) atoms. The molecule has 2 heterocycles. The second-order valence-electron chi connectivity index (χ2n) is 5.94. The number of H-pyrrole nitrogens is 1. The molecule has 0 amide bonds. The van der Waals surface area contributed by atoms with E-state index in [1.165, 1.54) is 24.4 Å². The second kappa shape index (κ2) is 7.92. The minimum Gasteiger partial charge on any atom is -0.288 e. The van der Waals surface area contributed by atoms with E-state index in [4.69, 9.17) is 23.2 Å². The second-order valence-corrected chi connectivity index (χ2v) is 6.75. The van der Waals surface area contributed by atoms with Crippen molar-refractivity contribution in [2.75, 3.05) is 0 Å². The molecule has 0 saturated carbocycles. The molecule has 0 spiro atoms. The first kappa shape index (κ1) is 18.9. The molecule has 0 bridgehead atoms. The third-order valence-electron chi connectivity index (χ3n) is 4.04. The monoisotopic (exact) mass is 424 g/mol. The summed E-state index contributed by atoms with van der Waals surface area (Å²) in [6, 6.07) is 12.8. The summed E-state index contributed by atoms with van der Waals surface area (Å²) in [6.45, 7) is 0. The number of hydrogen-bond acceptors (Lipinski definition) is 3. The van der Waals surface area contributed by atoms with Crippen LogP contribution in [0.2, 0.25) is 10.0 Å². The number of hydrogen-bond donors (Lipinski definition) is 1. The molecule has 0 saturated heterocycles. The highest BCUT2D eigenvalue weighted by Crippen LogP contribution is 2.27. The van der Waals surface area contributed by atoms with E-state index in [1.807, 2.05) is 0 Å². The van der Waals surface area contributed by atoms with Gasteiger partial charge in [-0.2, -0.15) is 4.68 Å². The third-order valence-corrected chi connectivity index (χ3v) is 4.66. The first-order valence-electron chi connectivity index (χ1n) is 8.38. The molecule has 0 aliphatic rings. The van der Waals surface area contributed by atoms with Gasteiger partial charge in [0.05, 0.1) is 21.3 Å². The summed E-state index contributed by atoms with van der Waals surface area (Å²) in [7, 11) is 0. The van der Waals surface area contributed by atoms with Crippen LogP contribution in [0.3, 0.4) is 0 Å². The van der Waals surface area contributed by atoms with Crippen molar-refractivity contribution < 1.29 is 4.39 Å². The number of nitrogens with one attached hydrogen (secondary N) is 1. The molecule has 0 fully saturated rings. The van der Waals surface area contributed by atoms with E-state index in [1.54, 1.807) is 36.5 Å². The maximum atomic E-state index is 14.1. The summed E-state index contributed by atoms with van der Waals surface area (Å²) in [4.78, 5) is 18.7. The standard InChI is InChI=1S/C21H11Cl2FN4O/c22-16-2-1-3-18(24)19(16)20-26-21(29)28(27-20)15-8-5-13(6-9-15)4-7-14-10-11-25-12-17(14)23/h1-3,5-6,8-12H,(H,26,27,29). The zero-order chi connectivity index (χ0) is 20.4. The summed E-state index contributed by atoms with van der Waals surface area (Å²) in [6.07, 6.45) is 3.14. The van der Waals surface area contributed by atoms with Gasteiger partial charge in [0.1, 0.15) is 5.82 Å². The van der Waals surface area contributed by atoms with Crippen LogP contribution in [0.25, 0.3) is 17.1 Å². The molecule has 2 aromatic carbocycles. The maximum absolute atomic E-state index is 14.1. The Hall–Kier alpha value is -3.40. The van der Waals surface area contributed by atoms with Crippen molar-refractivity contribution in [3.63, 3.8) is 0 Å². The summed E-state index contributed by atoms with van der Waals surface area (Å²) < 4.78 is 15.2. The van der Waals surface area contributed by atoms with E-state index in [2.05, 4.69) is 26.9 Å². The molecule has 0 unspecified atom stereocenters. The molecule has 4 aromatic rings. The number of halogens is 3. The summed E-state index contributed by atoms with van der Waals surface area (Å²) >= 11 is 12.1. The lowest BCUT2D eigenvalue weighted by Gasteiger charge is -2.02. The van der Waals surface area contributed by atoms with E-state index in [9.17, 15) is 9.18 Å². The number of pyridine rings is 1. The Labute approximate surface area is 174 Å². The maximum Gasteiger partial charge on any atom is 0.348 e. The van der Waals surface area contributed by atoms with Crippen LogP contribution in [0.15, 0.2) is 65.7 Å². The van der Waals surface area contributed by atoms with Crippen molar-refractivity contribution in [2.45, 2.75) is 0 Å². The van der Waals surface area contributed by atoms with E-state index >= 15 is 0 Å². The molecule has 0 radical (unpaired) electrons. The molecular weight excluding hydrogens is 414 g/mol. The fraction of sp³-hybridized carbons (Fsp3) is 0. The predicted octanol–water partition coefficient (Wildman–Crippen LogP) is 4.47. The lowest BCUT2D eigenvalue weighted by Crippen LogP contribution is -2.15. The van der Waals surface area contributed by atoms with Gasteiger partial charge in [-0.25, -0.2) is 9.18 Å². The van der Waals surface area contributed by atoms with Gasteiger partial charge in [0.15, 0.2) is 5.82 Å². The van der Waals surface area contributed by atoms with E-state index < -0.39 is 11.5 Å². The predicted molar refractivity (Wildman–Crippen MR) is 110 cm³/mol. The van der Waals surface area contributed by atoms with Gasteiger partial charge in [0, 0.05) is 23.5 Å². The van der Waals surface area contributed by atoms with Gasteiger partial charge >= 0.3 is 5.69 Å². The molecule has 1 N–H and O–H groups in total. The SMILES string of the molecule is O=c1[nH]c(-c2c(F)cccc2Cl)nn1-c1ccc(C#Cc2ccncc2Cl)cc1. The van der Waals surface area contributed by atoms with Crippen molar-refractivity contribution in [1.82, 2.24) is 19.7 Å². The third kappa shape index (κ3) is 3.92. The van der Waals surface area contributed by atoms with Crippen LogP contribution in [0.5, 0.6) is 0 Å². The quantitative estimate of drug-likeness (QED) is 0.482. The van der Waals surface area contributed by atoms with Crippen LogP contribution in [-0.4, -0.2) is 19.7 Å². The van der Waals surface area contributed by atoms with Crippen molar-refractivity contribution >= 4 is 23.2 Å². The molecule has 0 aliphatic carbocycles. The van der Waals surface area contributed by atoms with Gasteiger partial charge in [-0.1, -0.05) is 41.1 Å². The van der Waals surface area contributed by atoms with Crippen LogP contribution in [0.4, 0.5) is 4.39 Å². The van der Waals surface area contributed by atoms with Crippen LogP contribution in [0, 0.1) is 17.7 Å². The Kier molecular flexibility index (Phi) is 5.17. The van der Waals surface area contributed by atoms with E-state index in [0.717, 1.165) is 10.2 Å². The van der Waals surface area contributed by atoms with Gasteiger partial charge in [-0.05, 0) is 42.5 Å². The fourth-order valence-electron chi connectivity index (χ4n) is 2.64. The summed E-state index contributed by atoms with van der Waals surface area (Å²) in [5.74, 6) is 5.45. The lowest BCUT2D eigenvalue weighted by molar-refractivity contribution is 0.630. The molecule has 5 nitrogen and oxygen atoms in total. The molecule has 142 valence electrons. The molecular formula is C21H11Cl2FN4O. The number of aromatic nitrogens is 4. The zero-order valence-electron chi connectivity index (χ0n) is 14.7. The van der Waals surface area contributed by atoms with Crippen LogP contribution in [0.1, 0.15) is 11.1 Å². The van der Waals surface area contributed by atoms with Crippen LogP contribution in [-0.2, 0) is 0 Å². The van der Waals surface area contributed by atoms with Crippen molar-refractivity contribution in [3.8, 4) is 28.9 Å². The largest absolute Gasteiger partial charge is 0.348 e. The Bertz CT molecular complexity index is 1300. The van der Waals surface area contributed by atoms with Gasteiger partial charge in [-0.3, -0.25) is 9.97 Å². The minimum atomic E-state index is -0.571. The first-order valence-corrected chi connectivity index (χ1v) is 9.14. The Balaban J connectivity index is 1.65. The van der Waals surface area contributed by atoms with E-state index in [-0.39, 0.29) is 16.4 Å². The Morgan fingerprint density at radius 2 is 1.79 bits per heavy atom. The van der Waals surface area contributed by atoms with Crippen LogP contribution < -0.4 is 5.69 Å². The lowest BCUT2D eigenvalue weighted by atomic mass is 10.2. The highest BCUT2D eigenvalue weighted by molar-refractivity contribution is 6.33. The van der Waals surface area contributed by atoms with Crippen molar-refractivity contribution in [1.29, 1.82) is 0 Å². The summed E-state index contributed by atoms with van der Waals surface area (Å²) in [5.41, 5.74) is 1.42. The van der Waals surface area contributed by atoms with Gasteiger partial charge in [-0.15, -0.1) is 5.10 Å². The number of benzene rings is 2. The Morgan fingerprint density at radius 3 is 2.52 bits per heavy atom.